The number of hydrogen-bond donors (Lipinski definition) is 0. The second-order valence-corrected chi connectivity index (χ2v) is 6.26. The predicted octanol–water partition coefficient (Wildman–Crippen LogP) is 2.11. The molecule has 0 bridgehead atoms. The number of benzene rings is 1. The number of carbonyl (C=O) groups excluding carboxylic acids is 1. The van der Waals surface area contributed by atoms with Crippen molar-refractivity contribution >= 4 is 28.4 Å². The molecule has 98 valence electrons. The highest BCUT2D eigenvalue weighted by molar-refractivity contribution is 14.1. The minimum atomic E-state index is 0.225. The molecule has 0 radical (unpaired) electrons. The summed E-state index contributed by atoms with van der Waals surface area (Å²) in [5, 5.41) is 0. The lowest BCUT2D eigenvalue weighted by atomic mass is 10.1. The van der Waals surface area contributed by atoms with Crippen LogP contribution in [0, 0.1) is 3.57 Å². The van der Waals surface area contributed by atoms with Gasteiger partial charge in [0.2, 0.25) is 0 Å². The van der Waals surface area contributed by atoms with Gasteiger partial charge in [-0.3, -0.25) is 9.69 Å². The summed E-state index contributed by atoms with van der Waals surface area (Å²) in [6, 6.07) is 8.27. The highest BCUT2D eigenvalue weighted by Crippen LogP contribution is 2.11. The van der Waals surface area contributed by atoms with Crippen LogP contribution >= 0.6 is 22.6 Å². The van der Waals surface area contributed by atoms with E-state index in [-0.39, 0.29) is 5.78 Å². The lowest BCUT2D eigenvalue weighted by Crippen LogP contribution is -2.51. The Morgan fingerprint density at radius 2 is 2.00 bits per heavy atom. The quantitative estimate of drug-likeness (QED) is 0.611. The zero-order valence-corrected chi connectivity index (χ0v) is 13.1. The summed E-state index contributed by atoms with van der Waals surface area (Å²) in [4.78, 5) is 16.8. The van der Waals surface area contributed by atoms with Gasteiger partial charge in [-0.25, -0.2) is 0 Å². The molecule has 0 spiro atoms. The smallest absolute Gasteiger partial charge is 0.176 e. The lowest BCUT2D eigenvalue weighted by Gasteiger charge is -2.37. The number of hydrogen-bond acceptors (Lipinski definition) is 3. The first-order chi connectivity index (χ1) is 8.56. The van der Waals surface area contributed by atoms with E-state index in [1.165, 1.54) is 0 Å². The Balaban J connectivity index is 1.97. The van der Waals surface area contributed by atoms with Gasteiger partial charge in [0.25, 0.3) is 0 Å². The molecule has 1 heterocycles. The normalized spacial score (nSPS) is 22.1. The fraction of sp³-hybridized carbons (Fsp3) is 0.500. The van der Waals surface area contributed by atoms with Crippen molar-refractivity contribution in [2.75, 3.05) is 33.2 Å². The number of ketones is 1. The Bertz CT molecular complexity index is 418. The van der Waals surface area contributed by atoms with Gasteiger partial charge in [0, 0.05) is 34.8 Å². The molecule has 3 nitrogen and oxygen atoms in total. The molecular formula is C14H19IN2O. The van der Waals surface area contributed by atoms with Crippen LogP contribution in [0.4, 0.5) is 0 Å². The zero-order chi connectivity index (χ0) is 13.1. The molecule has 1 aromatic carbocycles. The maximum absolute atomic E-state index is 12.2. The topological polar surface area (TPSA) is 23.6 Å². The maximum atomic E-state index is 12.2. The Morgan fingerprint density at radius 3 is 2.61 bits per heavy atom. The van der Waals surface area contributed by atoms with E-state index in [4.69, 9.17) is 0 Å². The standard InChI is InChI=1S/C14H19IN2O/c1-11-9-16(2)7-8-17(11)10-14(18)12-3-5-13(15)6-4-12/h3-6,11H,7-10H2,1-2H3. The maximum Gasteiger partial charge on any atom is 0.176 e. The van der Waals surface area contributed by atoms with E-state index in [0.717, 1.165) is 28.8 Å². The molecular weight excluding hydrogens is 339 g/mol. The largest absolute Gasteiger partial charge is 0.304 e. The second kappa shape index (κ2) is 6.12. The first-order valence-corrected chi connectivity index (χ1v) is 7.35. The lowest BCUT2D eigenvalue weighted by molar-refractivity contribution is 0.0747. The Hall–Kier alpha value is -0.460. The second-order valence-electron chi connectivity index (χ2n) is 5.01. The molecule has 1 aliphatic rings. The van der Waals surface area contributed by atoms with Crippen LogP contribution in [0.15, 0.2) is 24.3 Å². The average molecular weight is 358 g/mol. The van der Waals surface area contributed by atoms with Crippen LogP contribution in [-0.4, -0.2) is 54.9 Å². The molecule has 1 unspecified atom stereocenters. The number of piperazine rings is 1. The summed E-state index contributed by atoms with van der Waals surface area (Å²) in [5.41, 5.74) is 0.821. The summed E-state index contributed by atoms with van der Waals surface area (Å²) in [5.74, 6) is 0.225. The number of Topliss-reactive ketones (excluding diaryl/α,β-unsaturated/α-hetero) is 1. The molecule has 0 amide bonds. The minimum absolute atomic E-state index is 0.225. The van der Waals surface area contributed by atoms with Gasteiger partial charge in [-0.1, -0.05) is 12.1 Å². The number of likely N-dealkylation sites (N-methyl/N-ethyl adjacent to an activating group) is 1. The van der Waals surface area contributed by atoms with Crippen molar-refractivity contribution in [3.8, 4) is 0 Å². The van der Waals surface area contributed by atoms with E-state index in [0.29, 0.717) is 12.6 Å². The van der Waals surface area contributed by atoms with Gasteiger partial charge < -0.3 is 4.90 Å². The molecule has 1 fully saturated rings. The molecule has 1 atom stereocenters. The zero-order valence-electron chi connectivity index (χ0n) is 10.9. The third kappa shape index (κ3) is 3.52. The number of nitrogens with zero attached hydrogens (tertiary/aromatic N) is 2. The van der Waals surface area contributed by atoms with Gasteiger partial charge in [-0.15, -0.1) is 0 Å². The molecule has 2 rings (SSSR count). The molecule has 1 saturated heterocycles. The van der Waals surface area contributed by atoms with Gasteiger partial charge in [0.1, 0.15) is 0 Å². The molecule has 0 N–H and O–H groups in total. The Kier molecular flexibility index (Phi) is 4.75. The fourth-order valence-electron chi connectivity index (χ4n) is 2.32. The van der Waals surface area contributed by atoms with Gasteiger partial charge >= 0.3 is 0 Å². The molecule has 4 heteroatoms. The summed E-state index contributed by atoms with van der Waals surface area (Å²) >= 11 is 2.25. The van der Waals surface area contributed by atoms with Crippen LogP contribution in [0.5, 0.6) is 0 Å². The Labute approximate surface area is 122 Å². The number of halogens is 1. The molecule has 18 heavy (non-hydrogen) atoms. The highest BCUT2D eigenvalue weighted by Gasteiger charge is 2.23. The first-order valence-electron chi connectivity index (χ1n) is 6.27. The van der Waals surface area contributed by atoms with Crippen LogP contribution in [0.3, 0.4) is 0 Å². The van der Waals surface area contributed by atoms with E-state index < -0.39 is 0 Å². The average Bonchev–Trinajstić information content (AvgIpc) is 2.33. The third-order valence-electron chi connectivity index (χ3n) is 3.48. The molecule has 1 aromatic rings. The number of rotatable bonds is 3. The SMILES string of the molecule is CC1CN(C)CCN1CC(=O)c1ccc(I)cc1. The predicted molar refractivity (Wildman–Crippen MR) is 82.0 cm³/mol. The van der Waals surface area contributed by atoms with Crippen LogP contribution in [0.25, 0.3) is 0 Å². The minimum Gasteiger partial charge on any atom is -0.304 e. The van der Waals surface area contributed by atoms with Crippen LogP contribution in [-0.2, 0) is 0 Å². The number of carbonyl (C=O) groups is 1. The Morgan fingerprint density at radius 1 is 1.33 bits per heavy atom. The van der Waals surface area contributed by atoms with E-state index >= 15 is 0 Å². The van der Waals surface area contributed by atoms with Crippen LogP contribution in [0.2, 0.25) is 0 Å². The van der Waals surface area contributed by atoms with Crippen LogP contribution in [0.1, 0.15) is 17.3 Å². The molecule has 0 aliphatic carbocycles. The first kappa shape index (κ1) is 14.0. The summed E-state index contributed by atoms with van der Waals surface area (Å²) < 4.78 is 1.16. The van der Waals surface area contributed by atoms with Gasteiger partial charge in [-0.05, 0) is 48.7 Å². The van der Waals surface area contributed by atoms with E-state index in [1.807, 2.05) is 24.3 Å². The van der Waals surface area contributed by atoms with Gasteiger partial charge in [0.15, 0.2) is 5.78 Å². The van der Waals surface area contributed by atoms with Gasteiger partial charge in [0.05, 0.1) is 6.54 Å². The van der Waals surface area contributed by atoms with E-state index in [1.54, 1.807) is 0 Å². The monoisotopic (exact) mass is 358 g/mol. The van der Waals surface area contributed by atoms with Crippen molar-refractivity contribution in [1.82, 2.24) is 9.80 Å². The molecule has 1 aliphatic heterocycles. The van der Waals surface area contributed by atoms with Crippen molar-refractivity contribution in [2.45, 2.75) is 13.0 Å². The summed E-state index contributed by atoms with van der Waals surface area (Å²) in [6.07, 6.45) is 0. The van der Waals surface area contributed by atoms with Crippen LogP contribution < -0.4 is 0 Å². The van der Waals surface area contributed by atoms with Crippen molar-refractivity contribution in [1.29, 1.82) is 0 Å². The van der Waals surface area contributed by atoms with Crippen molar-refractivity contribution in [2.24, 2.45) is 0 Å². The van der Waals surface area contributed by atoms with E-state index in [2.05, 4.69) is 46.4 Å². The molecule has 0 saturated carbocycles. The van der Waals surface area contributed by atoms with E-state index in [9.17, 15) is 4.79 Å². The van der Waals surface area contributed by atoms with Crippen molar-refractivity contribution in [3.05, 3.63) is 33.4 Å². The third-order valence-corrected chi connectivity index (χ3v) is 4.20. The van der Waals surface area contributed by atoms with Crippen molar-refractivity contribution in [3.63, 3.8) is 0 Å². The highest BCUT2D eigenvalue weighted by atomic mass is 127. The van der Waals surface area contributed by atoms with Gasteiger partial charge in [-0.2, -0.15) is 0 Å². The van der Waals surface area contributed by atoms with Crippen molar-refractivity contribution < 1.29 is 4.79 Å². The fourth-order valence-corrected chi connectivity index (χ4v) is 2.68. The summed E-state index contributed by atoms with van der Waals surface area (Å²) in [7, 11) is 2.13. The molecule has 0 aromatic heterocycles. The summed E-state index contributed by atoms with van der Waals surface area (Å²) in [6.45, 7) is 5.80.